The third-order valence-electron chi connectivity index (χ3n) is 5.26. The summed E-state index contributed by atoms with van der Waals surface area (Å²) in [6.07, 6.45) is 3.98. The fourth-order valence-electron chi connectivity index (χ4n) is 3.38. The van der Waals surface area contributed by atoms with Crippen LogP contribution in [0.2, 0.25) is 0 Å². The predicted molar refractivity (Wildman–Crippen MR) is 135 cm³/mol. The van der Waals surface area contributed by atoms with Gasteiger partial charge in [0, 0.05) is 13.0 Å². The highest BCUT2D eigenvalue weighted by molar-refractivity contribution is 7.89. The maximum atomic E-state index is 12.6. The van der Waals surface area contributed by atoms with Crippen molar-refractivity contribution in [1.82, 2.24) is 10.0 Å². The van der Waals surface area contributed by atoms with Gasteiger partial charge in [0.25, 0.3) is 0 Å². The average molecular weight is 503 g/mol. The standard InChI is InChI=1S/C25H34N4O5S/c1-3-34-25(31)16-22(18-28-35(32,33)23-14-8-19(2)9-15-23)29-24(30)7-5-4-6-20-10-12-21(13-11-20)17-27-26/h8-15,17,22,28H,3-7,16,18,26H2,1-2H3,(H,29,30). The Balaban J connectivity index is 1.86. The minimum absolute atomic E-state index is 0.118. The highest BCUT2D eigenvalue weighted by Gasteiger charge is 2.21. The summed E-state index contributed by atoms with van der Waals surface area (Å²) in [4.78, 5) is 24.6. The smallest absolute Gasteiger partial charge is 0.307 e. The van der Waals surface area contributed by atoms with Crippen molar-refractivity contribution in [2.24, 2.45) is 10.9 Å². The lowest BCUT2D eigenvalue weighted by Gasteiger charge is -2.19. The fourth-order valence-corrected chi connectivity index (χ4v) is 4.46. The van der Waals surface area contributed by atoms with Gasteiger partial charge < -0.3 is 15.9 Å². The number of rotatable bonds is 14. The molecular formula is C25H34N4O5S. The van der Waals surface area contributed by atoms with Gasteiger partial charge in [-0.05, 0) is 56.4 Å². The van der Waals surface area contributed by atoms with Gasteiger partial charge in [0.05, 0.1) is 30.2 Å². The Kier molecular flexibility index (Phi) is 11.4. The van der Waals surface area contributed by atoms with E-state index in [0.717, 1.165) is 29.5 Å². The van der Waals surface area contributed by atoms with E-state index in [0.29, 0.717) is 6.42 Å². The molecule has 0 aliphatic rings. The molecule has 0 saturated carbocycles. The molecule has 9 nitrogen and oxygen atoms in total. The summed E-state index contributed by atoms with van der Waals surface area (Å²) in [6.45, 7) is 3.63. The van der Waals surface area contributed by atoms with Gasteiger partial charge in [-0.1, -0.05) is 42.0 Å². The topological polar surface area (TPSA) is 140 Å². The van der Waals surface area contributed by atoms with Gasteiger partial charge in [0.2, 0.25) is 15.9 Å². The minimum atomic E-state index is -3.78. The Morgan fingerprint density at radius 3 is 2.40 bits per heavy atom. The molecule has 0 spiro atoms. The number of hydrogen-bond acceptors (Lipinski definition) is 7. The molecule has 1 atom stereocenters. The molecule has 2 rings (SSSR count). The molecular weight excluding hydrogens is 468 g/mol. The second kappa shape index (κ2) is 14.2. The van der Waals surface area contributed by atoms with Gasteiger partial charge in [0.1, 0.15) is 0 Å². The van der Waals surface area contributed by atoms with Crippen LogP contribution in [-0.2, 0) is 30.8 Å². The SMILES string of the molecule is CCOC(=O)CC(CNS(=O)(=O)c1ccc(C)cc1)NC(=O)CCCCc1ccc(C=NN)cc1. The van der Waals surface area contributed by atoms with E-state index in [1.807, 2.05) is 31.2 Å². The van der Waals surface area contributed by atoms with Crippen molar-refractivity contribution >= 4 is 28.1 Å². The van der Waals surface area contributed by atoms with Crippen molar-refractivity contribution in [2.45, 2.75) is 56.9 Å². The third kappa shape index (κ3) is 10.3. The molecule has 4 N–H and O–H groups in total. The van der Waals surface area contributed by atoms with E-state index in [1.165, 1.54) is 12.1 Å². The zero-order chi connectivity index (χ0) is 25.7. The second-order valence-corrected chi connectivity index (χ2v) is 9.93. The van der Waals surface area contributed by atoms with Crippen molar-refractivity contribution in [2.75, 3.05) is 13.2 Å². The largest absolute Gasteiger partial charge is 0.466 e. The normalized spacial score (nSPS) is 12.4. The van der Waals surface area contributed by atoms with Crippen molar-refractivity contribution in [3.8, 4) is 0 Å². The monoisotopic (exact) mass is 502 g/mol. The molecule has 1 amide bonds. The van der Waals surface area contributed by atoms with Crippen LogP contribution >= 0.6 is 0 Å². The first kappa shape index (κ1) is 28.0. The van der Waals surface area contributed by atoms with Crippen LogP contribution < -0.4 is 15.9 Å². The lowest BCUT2D eigenvalue weighted by atomic mass is 10.1. The maximum absolute atomic E-state index is 12.6. The Labute approximate surface area is 207 Å². The molecule has 0 aliphatic carbocycles. The molecule has 10 heteroatoms. The molecule has 2 aromatic rings. The number of carbonyl (C=O) groups excluding carboxylic acids is 2. The predicted octanol–water partition coefficient (Wildman–Crippen LogP) is 2.42. The zero-order valence-electron chi connectivity index (χ0n) is 20.2. The van der Waals surface area contributed by atoms with Gasteiger partial charge in [-0.25, -0.2) is 13.1 Å². The van der Waals surface area contributed by atoms with Crippen molar-refractivity contribution in [1.29, 1.82) is 0 Å². The van der Waals surface area contributed by atoms with E-state index in [9.17, 15) is 18.0 Å². The van der Waals surface area contributed by atoms with Crippen molar-refractivity contribution in [3.63, 3.8) is 0 Å². The number of nitrogens with one attached hydrogen (secondary N) is 2. The zero-order valence-corrected chi connectivity index (χ0v) is 21.0. The van der Waals surface area contributed by atoms with Crippen molar-refractivity contribution < 1.29 is 22.7 Å². The van der Waals surface area contributed by atoms with Gasteiger partial charge >= 0.3 is 5.97 Å². The van der Waals surface area contributed by atoms with Crippen LogP contribution in [0.5, 0.6) is 0 Å². The molecule has 1 unspecified atom stereocenters. The Hall–Kier alpha value is -3.24. The van der Waals surface area contributed by atoms with Crippen LogP contribution in [0.4, 0.5) is 0 Å². The average Bonchev–Trinajstić information content (AvgIpc) is 2.82. The van der Waals surface area contributed by atoms with E-state index in [2.05, 4.69) is 15.1 Å². The number of carbonyl (C=O) groups is 2. The highest BCUT2D eigenvalue weighted by atomic mass is 32.2. The lowest BCUT2D eigenvalue weighted by Crippen LogP contribution is -2.45. The summed E-state index contributed by atoms with van der Waals surface area (Å²) in [5, 5.41) is 6.26. The van der Waals surface area contributed by atoms with E-state index in [1.54, 1.807) is 25.3 Å². The first-order valence-corrected chi connectivity index (χ1v) is 13.1. The summed E-state index contributed by atoms with van der Waals surface area (Å²) in [5.74, 6) is 4.39. The number of nitrogens with zero attached hydrogens (tertiary/aromatic N) is 1. The molecule has 2 aromatic carbocycles. The summed E-state index contributed by atoms with van der Waals surface area (Å²) >= 11 is 0. The van der Waals surface area contributed by atoms with Gasteiger partial charge in [-0.15, -0.1) is 0 Å². The van der Waals surface area contributed by atoms with E-state index < -0.39 is 22.0 Å². The van der Waals surface area contributed by atoms with Gasteiger partial charge in [-0.2, -0.15) is 5.10 Å². The van der Waals surface area contributed by atoms with Gasteiger partial charge in [-0.3, -0.25) is 9.59 Å². The lowest BCUT2D eigenvalue weighted by molar-refractivity contribution is -0.143. The van der Waals surface area contributed by atoms with Crippen LogP contribution in [0.3, 0.4) is 0 Å². The first-order chi connectivity index (χ1) is 16.7. The molecule has 0 heterocycles. The number of benzene rings is 2. The molecule has 0 saturated heterocycles. The molecule has 0 aliphatic heterocycles. The fraction of sp³-hybridized carbons (Fsp3) is 0.400. The number of sulfonamides is 1. The van der Waals surface area contributed by atoms with Crippen LogP contribution in [0.15, 0.2) is 58.5 Å². The Morgan fingerprint density at radius 2 is 1.77 bits per heavy atom. The van der Waals surface area contributed by atoms with Crippen LogP contribution in [0, 0.1) is 6.92 Å². The molecule has 0 aromatic heterocycles. The molecule has 0 bridgehead atoms. The number of ether oxygens (including phenoxy) is 1. The van der Waals surface area contributed by atoms with Crippen LogP contribution in [0.1, 0.15) is 49.3 Å². The van der Waals surface area contributed by atoms with Crippen molar-refractivity contribution in [3.05, 3.63) is 65.2 Å². The highest BCUT2D eigenvalue weighted by Crippen LogP contribution is 2.11. The number of nitrogens with two attached hydrogens (primary N) is 1. The number of unbranched alkanes of at least 4 members (excludes halogenated alkanes) is 1. The summed E-state index contributed by atoms with van der Waals surface area (Å²) in [6, 6.07) is 13.5. The van der Waals surface area contributed by atoms with E-state index in [-0.39, 0.29) is 36.8 Å². The van der Waals surface area contributed by atoms with Crippen LogP contribution in [0.25, 0.3) is 0 Å². The number of hydrazone groups is 1. The number of hydrogen-bond donors (Lipinski definition) is 3. The number of aryl methyl sites for hydroxylation is 2. The molecule has 190 valence electrons. The third-order valence-corrected chi connectivity index (χ3v) is 6.70. The van der Waals surface area contributed by atoms with E-state index >= 15 is 0 Å². The van der Waals surface area contributed by atoms with Crippen LogP contribution in [-0.4, -0.2) is 45.7 Å². The second-order valence-electron chi connectivity index (χ2n) is 8.17. The maximum Gasteiger partial charge on any atom is 0.307 e. The summed E-state index contributed by atoms with van der Waals surface area (Å²) < 4.78 is 32.6. The minimum Gasteiger partial charge on any atom is -0.466 e. The number of amides is 1. The number of esters is 1. The summed E-state index contributed by atoms with van der Waals surface area (Å²) in [7, 11) is -3.78. The molecule has 0 radical (unpaired) electrons. The van der Waals surface area contributed by atoms with E-state index in [4.69, 9.17) is 10.6 Å². The van der Waals surface area contributed by atoms with Gasteiger partial charge in [0.15, 0.2) is 0 Å². The Morgan fingerprint density at radius 1 is 1.09 bits per heavy atom. The quantitative estimate of drug-likeness (QED) is 0.119. The molecule has 0 fully saturated rings. The Bertz CT molecular complexity index is 1080. The molecule has 35 heavy (non-hydrogen) atoms. The first-order valence-electron chi connectivity index (χ1n) is 11.6. The summed E-state index contributed by atoms with van der Waals surface area (Å²) in [5.41, 5.74) is 3.00.